The van der Waals surface area contributed by atoms with E-state index in [0.717, 1.165) is 17.7 Å². The predicted octanol–water partition coefficient (Wildman–Crippen LogP) is 3.47. The molecule has 2 aromatic rings. The van der Waals surface area contributed by atoms with Gasteiger partial charge in [0.1, 0.15) is 17.4 Å². The number of rotatable bonds is 8. The lowest BCUT2D eigenvalue weighted by Crippen LogP contribution is -2.37. The first kappa shape index (κ1) is 24.9. The SMILES string of the molecule is CN=C(CNCc1ccc(OC(C)(C)C(=O)O)cc1)N=C(N)c1ccc(C(F)(F)F)cc1. The Hall–Kier alpha value is -3.40. The minimum absolute atomic E-state index is 0.0590. The summed E-state index contributed by atoms with van der Waals surface area (Å²) in [6.45, 7) is 3.68. The van der Waals surface area contributed by atoms with Gasteiger partial charge in [0, 0.05) is 19.2 Å². The van der Waals surface area contributed by atoms with Crippen LogP contribution >= 0.6 is 0 Å². The summed E-state index contributed by atoms with van der Waals surface area (Å²) in [6.07, 6.45) is -4.42. The highest BCUT2D eigenvalue weighted by Gasteiger charge is 2.30. The summed E-state index contributed by atoms with van der Waals surface area (Å²) in [6, 6.07) is 11.4. The Bertz CT molecular complexity index is 983. The Morgan fingerprint density at radius 3 is 2.19 bits per heavy atom. The molecule has 0 aromatic heterocycles. The number of hydrogen-bond donors (Lipinski definition) is 3. The number of aliphatic imine (C=N–C) groups is 2. The molecule has 0 spiro atoms. The molecule has 0 unspecified atom stereocenters. The van der Waals surface area contributed by atoms with Crippen LogP contribution in [0.15, 0.2) is 58.5 Å². The maximum atomic E-state index is 12.7. The maximum Gasteiger partial charge on any atom is 0.416 e. The van der Waals surface area contributed by atoms with E-state index in [1.165, 1.54) is 33.0 Å². The largest absolute Gasteiger partial charge is 0.478 e. The molecule has 0 aliphatic carbocycles. The molecular formula is C22H25F3N4O3. The molecular weight excluding hydrogens is 425 g/mol. The Labute approximate surface area is 183 Å². The lowest BCUT2D eigenvalue weighted by atomic mass is 10.1. The van der Waals surface area contributed by atoms with Gasteiger partial charge < -0.3 is 20.9 Å². The van der Waals surface area contributed by atoms with E-state index < -0.39 is 23.3 Å². The fourth-order valence-corrected chi connectivity index (χ4v) is 2.53. The number of carboxylic acids is 1. The van der Waals surface area contributed by atoms with Gasteiger partial charge in [-0.25, -0.2) is 9.79 Å². The summed E-state index contributed by atoms with van der Waals surface area (Å²) >= 11 is 0. The molecule has 0 saturated heterocycles. The number of alkyl halides is 3. The molecule has 0 radical (unpaired) electrons. The van der Waals surface area contributed by atoms with Crippen LogP contribution in [-0.2, 0) is 17.5 Å². The van der Waals surface area contributed by atoms with E-state index in [1.807, 2.05) is 0 Å². The number of nitrogens with zero attached hydrogens (tertiary/aromatic N) is 2. The fraction of sp³-hybridized carbons (Fsp3) is 0.318. The zero-order chi connectivity index (χ0) is 23.9. The molecule has 0 saturated carbocycles. The number of ether oxygens (including phenoxy) is 1. The molecule has 2 aromatic carbocycles. The Kier molecular flexibility index (Phi) is 7.98. The maximum absolute atomic E-state index is 12.7. The van der Waals surface area contributed by atoms with Gasteiger partial charge in [-0.1, -0.05) is 24.3 Å². The van der Waals surface area contributed by atoms with Crippen LogP contribution in [-0.4, -0.2) is 41.9 Å². The van der Waals surface area contributed by atoms with Gasteiger partial charge >= 0.3 is 12.1 Å². The van der Waals surface area contributed by atoms with Crippen molar-refractivity contribution in [1.82, 2.24) is 5.32 Å². The molecule has 0 fully saturated rings. The number of amidine groups is 2. The monoisotopic (exact) mass is 450 g/mol. The summed E-state index contributed by atoms with van der Waals surface area (Å²) in [5.41, 5.74) is 5.09. The van der Waals surface area contributed by atoms with Gasteiger partial charge in [-0.05, 0) is 43.7 Å². The predicted molar refractivity (Wildman–Crippen MR) is 116 cm³/mol. The third kappa shape index (κ3) is 7.09. The zero-order valence-corrected chi connectivity index (χ0v) is 17.9. The topological polar surface area (TPSA) is 109 Å². The van der Waals surface area contributed by atoms with Crippen LogP contribution in [0.5, 0.6) is 5.75 Å². The molecule has 0 amide bonds. The average Bonchev–Trinajstić information content (AvgIpc) is 2.73. The number of carbonyl (C=O) groups is 1. The number of aliphatic carboxylic acids is 1. The number of hydrogen-bond acceptors (Lipinski definition) is 4. The van der Waals surface area contributed by atoms with E-state index in [-0.39, 0.29) is 12.4 Å². The first-order chi connectivity index (χ1) is 14.9. The van der Waals surface area contributed by atoms with Gasteiger partial charge in [0.15, 0.2) is 5.60 Å². The minimum Gasteiger partial charge on any atom is -0.478 e. The van der Waals surface area contributed by atoms with Crippen LogP contribution in [0.3, 0.4) is 0 Å². The van der Waals surface area contributed by atoms with Gasteiger partial charge in [-0.15, -0.1) is 0 Å². The zero-order valence-electron chi connectivity index (χ0n) is 17.9. The van der Waals surface area contributed by atoms with E-state index in [0.29, 0.717) is 23.7 Å². The van der Waals surface area contributed by atoms with E-state index in [2.05, 4.69) is 15.3 Å². The van der Waals surface area contributed by atoms with Crippen molar-refractivity contribution in [3.63, 3.8) is 0 Å². The Balaban J connectivity index is 1.93. The fourth-order valence-electron chi connectivity index (χ4n) is 2.53. The Morgan fingerprint density at radius 2 is 1.69 bits per heavy atom. The van der Waals surface area contributed by atoms with E-state index in [9.17, 15) is 18.0 Å². The van der Waals surface area contributed by atoms with Crippen molar-refractivity contribution in [1.29, 1.82) is 0 Å². The van der Waals surface area contributed by atoms with Gasteiger partial charge in [0.25, 0.3) is 0 Å². The quantitative estimate of drug-likeness (QED) is 0.422. The molecule has 4 N–H and O–H groups in total. The smallest absolute Gasteiger partial charge is 0.416 e. The van der Waals surface area contributed by atoms with Gasteiger partial charge in [0.2, 0.25) is 0 Å². The molecule has 172 valence electrons. The standard InChI is InChI=1S/C22H25F3N4O3/c1-21(2,20(30)31)32-17-10-4-14(5-11-17)12-28-13-18(27-3)29-19(26)15-6-8-16(9-7-15)22(23,24)25/h4-11,28H,12-13H2,1-3H3,(H,30,31)(H2,26,27,29). The molecule has 0 bridgehead atoms. The minimum atomic E-state index is -4.42. The molecule has 10 heteroatoms. The highest BCUT2D eigenvalue weighted by molar-refractivity contribution is 6.05. The summed E-state index contributed by atoms with van der Waals surface area (Å²) in [4.78, 5) is 19.4. The molecule has 32 heavy (non-hydrogen) atoms. The molecule has 2 rings (SSSR count). The van der Waals surface area contributed by atoms with Crippen LogP contribution in [0.1, 0.15) is 30.5 Å². The van der Waals surface area contributed by atoms with Gasteiger partial charge in [-0.3, -0.25) is 4.99 Å². The van der Waals surface area contributed by atoms with E-state index >= 15 is 0 Å². The second-order valence-corrected chi connectivity index (χ2v) is 7.38. The van der Waals surface area contributed by atoms with Crippen molar-refractivity contribution in [2.24, 2.45) is 15.7 Å². The summed E-state index contributed by atoms with van der Waals surface area (Å²) < 4.78 is 43.5. The molecule has 0 heterocycles. The normalized spacial score (nSPS) is 13.2. The average molecular weight is 450 g/mol. The third-order valence-electron chi connectivity index (χ3n) is 4.44. The van der Waals surface area contributed by atoms with Crippen molar-refractivity contribution in [2.45, 2.75) is 32.2 Å². The van der Waals surface area contributed by atoms with Crippen LogP contribution < -0.4 is 15.8 Å². The lowest BCUT2D eigenvalue weighted by Gasteiger charge is -2.21. The van der Waals surface area contributed by atoms with Crippen LogP contribution in [0.25, 0.3) is 0 Å². The number of nitrogens with one attached hydrogen (secondary N) is 1. The van der Waals surface area contributed by atoms with Crippen LogP contribution in [0.2, 0.25) is 0 Å². The highest BCUT2D eigenvalue weighted by Crippen LogP contribution is 2.29. The summed E-state index contributed by atoms with van der Waals surface area (Å²) in [7, 11) is 1.54. The number of halogens is 3. The highest BCUT2D eigenvalue weighted by atomic mass is 19.4. The van der Waals surface area contributed by atoms with E-state index in [1.54, 1.807) is 24.3 Å². The van der Waals surface area contributed by atoms with Crippen molar-refractivity contribution in [3.8, 4) is 5.75 Å². The van der Waals surface area contributed by atoms with Gasteiger partial charge in [0.05, 0.1) is 12.1 Å². The van der Waals surface area contributed by atoms with Crippen molar-refractivity contribution < 1.29 is 27.8 Å². The second kappa shape index (κ2) is 10.3. The summed E-state index contributed by atoms with van der Waals surface area (Å²) in [5.74, 6) is -0.189. The number of carboxylic acid groups (broad SMARTS) is 1. The molecule has 7 nitrogen and oxygen atoms in total. The van der Waals surface area contributed by atoms with Crippen molar-refractivity contribution in [2.75, 3.05) is 13.6 Å². The summed E-state index contributed by atoms with van der Waals surface area (Å²) in [5, 5.41) is 12.3. The lowest BCUT2D eigenvalue weighted by molar-refractivity contribution is -0.152. The number of nitrogens with two attached hydrogens (primary N) is 1. The first-order valence-corrected chi connectivity index (χ1v) is 9.62. The van der Waals surface area contributed by atoms with Crippen LogP contribution in [0.4, 0.5) is 13.2 Å². The third-order valence-corrected chi connectivity index (χ3v) is 4.44. The van der Waals surface area contributed by atoms with E-state index in [4.69, 9.17) is 15.6 Å². The second-order valence-electron chi connectivity index (χ2n) is 7.38. The van der Waals surface area contributed by atoms with Crippen LogP contribution in [0, 0.1) is 0 Å². The first-order valence-electron chi connectivity index (χ1n) is 9.62. The molecule has 0 atom stereocenters. The molecule has 0 aliphatic heterocycles. The van der Waals surface area contributed by atoms with Crippen molar-refractivity contribution in [3.05, 3.63) is 65.2 Å². The van der Waals surface area contributed by atoms with Crippen molar-refractivity contribution >= 4 is 17.6 Å². The molecule has 0 aliphatic rings. The Morgan fingerprint density at radius 1 is 1.09 bits per heavy atom. The van der Waals surface area contributed by atoms with Gasteiger partial charge in [-0.2, -0.15) is 13.2 Å². The number of benzene rings is 2.